The maximum absolute atomic E-state index is 9.78. The molecule has 11 aromatic rings. The maximum atomic E-state index is 9.78. The van der Waals surface area contributed by atoms with Crippen LogP contribution in [0.25, 0.3) is 110 Å². The number of nitrogens with zero attached hydrogens (tertiary/aromatic N) is 2. The molecule has 0 saturated heterocycles. The molecule has 61 heavy (non-hydrogen) atoms. The van der Waals surface area contributed by atoms with Crippen LogP contribution >= 0.6 is 0 Å². The van der Waals surface area contributed by atoms with Crippen molar-refractivity contribution in [1.29, 1.82) is 0 Å². The molecule has 3 aromatic heterocycles. The highest BCUT2D eigenvalue weighted by atomic mass is 16.3. The Kier molecular flexibility index (Phi) is 4.30. The molecule has 1 aliphatic rings. The molecule has 0 aliphatic heterocycles. The smallest absolute Gasteiger partial charge is 0.142 e. The highest BCUT2D eigenvalue weighted by Gasteiger charge is 2.32. The summed E-state index contributed by atoms with van der Waals surface area (Å²) in [4.78, 5) is 8.98. The minimum absolute atomic E-state index is 0.0134. The van der Waals surface area contributed by atoms with E-state index in [1.165, 1.54) is 12.1 Å². The average Bonchev–Trinajstić information content (AvgIpc) is 1.10. The van der Waals surface area contributed by atoms with Crippen LogP contribution in [-0.4, -0.2) is 9.97 Å². The maximum Gasteiger partial charge on any atom is 0.142 e. The summed E-state index contributed by atoms with van der Waals surface area (Å²) in [5.41, 5.74) is -2.06. The number of hydrogen-bond acceptors (Lipinski definition) is 3. The topological polar surface area (TPSA) is 38.9 Å². The molecule has 2 atom stereocenters. The first kappa shape index (κ1) is 18.2. The number of hydrogen-bond donors (Lipinski definition) is 0. The van der Waals surface area contributed by atoms with E-state index in [1.807, 2.05) is 0 Å². The molecule has 0 saturated carbocycles. The van der Waals surface area contributed by atoms with Crippen LogP contribution in [0.4, 0.5) is 0 Å². The average molecular weight is 804 g/mol. The number of rotatable bonds is 6. The molecule has 286 valence electrons. The van der Waals surface area contributed by atoms with Gasteiger partial charge in [-0.25, -0.2) is 4.98 Å². The third kappa shape index (κ3) is 5.73. The van der Waals surface area contributed by atoms with Crippen LogP contribution in [0.2, 0.25) is 0 Å². The van der Waals surface area contributed by atoms with Crippen molar-refractivity contribution in [3.05, 3.63) is 217 Å². The predicted octanol–water partition coefficient (Wildman–Crippen LogP) is 15.8. The zero-order valence-electron chi connectivity index (χ0n) is 56.3. The van der Waals surface area contributed by atoms with E-state index < -0.39 is 201 Å². The van der Waals surface area contributed by atoms with Crippen LogP contribution in [0, 0.1) is 0 Å². The third-order valence-corrected chi connectivity index (χ3v) is 10.7. The van der Waals surface area contributed by atoms with Crippen LogP contribution in [0.3, 0.4) is 0 Å². The highest BCUT2D eigenvalue weighted by molar-refractivity contribution is 6.22. The van der Waals surface area contributed by atoms with Gasteiger partial charge in [0.1, 0.15) is 11.5 Å². The van der Waals surface area contributed by atoms with Gasteiger partial charge >= 0.3 is 0 Å². The third-order valence-electron chi connectivity index (χ3n) is 10.7. The summed E-state index contributed by atoms with van der Waals surface area (Å²) in [5, 5.41) is -2.30. The first-order chi connectivity index (χ1) is 40.7. The van der Waals surface area contributed by atoms with Gasteiger partial charge in [0.05, 0.1) is 49.6 Å². The van der Waals surface area contributed by atoms with E-state index in [0.29, 0.717) is 5.39 Å². The first-order valence-corrected chi connectivity index (χ1v) is 18.9. The molecular weight excluding hydrogens is 741 g/mol. The van der Waals surface area contributed by atoms with Crippen molar-refractivity contribution in [2.75, 3.05) is 0 Å². The van der Waals surface area contributed by atoms with E-state index in [9.17, 15) is 13.7 Å². The lowest BCUT2D eigenvalue weighted by atomic mass is 9.81. The quantitative estimate of drug-likeness (QED) is 0.124. The zero-order valence-corrected chi connectivity index (χ0v) is 31.3. The molecule has 3 heteroatoms. The van der Waals surface area contributed by atoms with Crippen LogP contribution in [0.5, 0.6) is 0 Å². The van der Waals surface area contributed by atoms with Crippen LogP contribution in [0.15, 0.2) is 216 Å². The van der Waals surface area contributed by atoms with E-state index in [4.69, 9.17) is 30.0 Å². The fourth-order valence-electron chi connectivity index (χ4n) is 8.10. The van der Waals surface area contributed by atoms with Crippen molar-refractivity contribution >= 4 is 54.1 Å². The summed E-state index contributed by atoms with van der Waals surface area (Å²) in [6.45, 7) is 0. The van der Waals surface area contributed by atoms with Gasteiger partial charge in [0, 0.05) is 52.1 Å². The molecule has 0 fully saturated rings. The molecule has 0 bridgehead atoms. The Morgan fingerprint density at radius 1 is 0.508 bits per heavy atom. The van der Waals surface area contributed by atoms with Crippen molar-refractivity contribution in [2.24, 2.45) is 0 Å². The SMILES string of the molecule is [2H]C1=C([2H])C([2H])C(c2c(-c3c4c([2H])c([2H])c([2H])c([2H])c4c(-c4c([2H])c([2H])c([2H])c([2H])c4[2H])c4c([2H])c([2H])c([2H])c([2H])c34)oc(-c3ccccc3)c2-c2ccc(-c3nc4c(c([2H])c3[2H])c([2H])c([2H])c3c([2H])c([2H])c([2H])nc34)c3ccccc23)C([2H])=C1[2H]. The summed E-state index contributed by atoms with van der Waals surface area (Å²) in [5.74, 6) is -2.46. The second kappa shape index (κ2) is 14.4. The van der Waals surface area contributed by atoms with Crippen molar-refractivity contribution in [2.45, 2.75) is 12.3 Å². The molecule has 0 radical (unpaired) electrons. The molecule has 0 amide bonds. The minimum Gasteiger partial charge on any atom is -0.455 e. The van der Waals surface area contributed by atoms with Gasteiger partial charge < -0.3 is 4.42 Å². The van der Waals surface area contributed by atoms with E-state index in [-0.39, 0.29) is 66.5 Å². The van der Waals surface area contributed by atoms with Crippen molar-refractivity contribution in [3.63, 3.8) is 0 Å². The van der Waals surface area contributed by atoms with Gasteiger partial charge in [-0.1, -0.05) is 194 Å². The Bertz CT molecular complexity index is 4910. The molecule has 8 aromatic carbocycles. The molecule has 0 N–H and O–H groups in total. The van der Waals surface area contributed by atoms with E-state index in [0.717, 1.165) is 0 Å². The monoisotopic (exact) mass is 803 g/mol. The Morgan fingerprint density at radius 2 is 1.15 bits per heavy atom. The number of furan rings is 1. The second-order valence-electron chi connectivity index (χ2n) is 13.9. The largest absolute Gasteiger partial charge is 0.455 e. The fourth-order valence-corrected chi connectivity index (χ4v) is 8.10. The second-order valence-corrected chi connectivity index (χ2v) is 13.9. The number of aromatic nitrogens is 2. The predicted molar refractivity (Wildman–Crippen MR) is 255 cm³/mol. The molecule has 2 unspecified atom stereocenters. The lowest BCUT2D eigenvalue weighted by Crippen LogP contribution is -2.01. The lowest BCUT2D eigenvalue weighted by Gasteiger charge is -2.20. The van der Waals surface area contributed by atoms with Crippen LogP contribution in [-0.2, 0) is 0 Å². The first-order valence-electron chi connectivity index (χ1n) is 31.5. The normalized spacial score (nSPS) is 21.5. The van der Waals surface area contributed by atoms with Crippen molar-refractivity contribution < 1.29 is 38.7 Å². The lowest BCUT2D eigenvalue weighted by molar-refractivity contribution is 0.594. The Hall–Kier alpha value is -7.88. The van der Waals surface area contributed by atoms with Gasteiger partial charge in [-0.3, -0.25) is 4.98 Å². The van der Waals surface area contributed by atoms with E-state index >= 15 is 0 Å². The molecule has 3 nitrogen and oxygen atoms in total. The molecule has 12 rings (SSSR count). The molecule has 1 aliphatic carbocycles. The summed E-state index contributed by atoms with van der Waals surface area (Å²) >= 11 is 0. The van der Waals surface area contributed by atoms with Crippen molar-refractivity contribution in [3.8, 4) is 56.2 Å². The van der Waals surface area contributed by atoms with Gasteiger partial charge in [0.2, 0.25) is 0 Å². The van der Waals surface area contributed by atoms with Gasteiger partial charge in [-0.15, -0.1) is 0 Å². The summed E-state index contributed by atoms with van der Waals surface area (Å²) in [6, 6.07) is -0.0841. The number of benzene rings is 8. The van der Waals surface area contributed by atoms with Crippen molar-refractivity contribution in [1.82, 2.24) is 9.97 Å². The van der Waals surface area contributed by atoms with Crippen LogP contribution < -0.4 is 0 Å². The number of pyridine rings is 2. The van der Waals surface area contributed by atoms with Gasteiger partial charge in [-0.2, -0.15) is 0 Å². The molecular formula is C58H38N2O. The van der Waals surface area contributed by atoms with Gasteiger partial charge in [-0.05, 0) is 67.5 Å². The fraction of sp³-hybridized carbons (Fsp3) is 0.0345. The molecule has 3 heterocycles. The summed E-state index contributed by atoms with van der Waals surface area (Å²) in [7, 11) is 0. The number of fused-ring (bicyclic) bond motifs is 6. The van der Waals surface area contributed by atoms with E-state index in [1.54, 1.807) is 54.6 Å². The summed E-state index contributed by atoms with van der Waals surface area (Å²) < 4.78 is 235. The van der Waals surface area contributed by atoms with Gasteiger partial charge in [0.15, 0.2) is 0 Å². The van der Waals surface area contributed by atoms with E-state index in [2.05, 4.69) is 4.98 Å². The zero-order chi connectivity index (χ0) is 62.0. The standard InChI is InChI=1S/C58H38N2O/c1-4-17-37(18-5-1)51-45-26-12-14-28-47(45)53(48-29-15-13-27-46(48)51)58-52(38-19-6-2-7-20-38)54(57(61-58)41-21-8-3-9-22-41)49-34-33-44(42-24-10-11-25-43(42)49)50-35-32-40-31-30-39-23-16-36-59-55(39)56(40)60-50/h1-19,21-36,38H,20H2/i1D,2D,4D,5D,6D,7D,12D,13D,14D,15D,16D,17D,18D,19D,20D,23D,26D,27D,28D,29D,30D,31D,32D,35D,36D. The number of allylic oxidation sites excluding steroid dienone is 4. The molecule has 0 spiro atoms. The van der Waals surface area contributed by atoms with Gasteiger partial charge in [0.25, 0.3) is 0 Å². The minimum atomic E-state index is -1.93. The Balaban J connectivity index is 1.31. The summed E-state index contributed by atoms with van der Waals surface area (Å²) in [6.07, 6.45) is -2.57. The highest BCUT2D eigenvalue weighted by Crippen LogP contribution is 2.53. The van der Waals surface area contributed by atoms with Crippen LogP contribution in [0.1, 0.15) is 52.1 Å². The Morgan fingerprint density at radius 3 is 1.90 bits per heavy atom. The Labute approximate surface area is 388 Å².